The number of allylic oxidation sites excluding steroid dienone is 1. The van der Waals surface area contributed by atoms with Gasteiger partial charge in [0.15, 0.2) is 0 Å². The molecule has 4 rings (SSSR count). The van der Waals surface area contributed by atoms with Crippen molar-refractivity contribution in [1.29, 1.82) is 0 Å². The van der Waals surface area contributed by atoms with Gasteiger partial charge in [0, 0.05) is 11.5 Å². The highest BCUT2D eigenvalue weighted by Gasteiger charge is 2.41. The first kappa shape index (κ1) is 18.9. The van der Waals surface area contributed by atoms with E-state index in [2.05, 4.69) is 43.3 Å². The zero-order valence-electron chi connectivity index (χ0n) is 15.5. The Labute approximate surface area is 159 Å². The Balaban J connectivity index is 0.00000182. The number of likely N-dealkylation sites (tertiary alicyclic amines) is 1. The van der Waals surface area contributed by atoms with Crippen molar-refractivity contribution in [3.05, 3.63) is 47.5 Å². The molecule has 1 unspecified atom stereocenters. The van der Waals surface area contributed by atoms with Gasteiger partial charge in [-0.25, -0.2) is 0 Å². The lowest BCUT2D eigenvalue weighted by molar-refractivity contribution is -0.948. The largest absolute Gasteiger partial charge is 1.00 e. The quantitative estimate of drug-likeness (QED) is 0.584. The summed E-state index contributed by atoms with van der Waals surface area (Å²) in [5.41, 5.74) is 3.08. The molecule has 2 saturated heterocycles. The molecule has 2 aliphatic heterocycles. The highest BCUT2D eigenvalue weighted by atomic mass is 35.5. The smallest absolute Gasteiger partial charge is 0.113 e. The molecule has 0 aromatic heterocycles. The van der Waals surface area contributed by atoms with E-state index in [4.69, 9.17) is 4.74 Å². The molecular formula is C22H32ClNO. The Morgan fingerprint density at radius 2 is 1.84 bits per heavy atom. The third kappa shape index (κ3) is 4.30. The third-order valence-corrected chi connectivity index (χ3v) is 6.63. The lowest BCUT2D eigenvalue weighted by atomic mass is 9.76. The van der Waals surface area contributed by atoms with Gasteiger partial charge in [0.05, 0.1) is 19.7 Å². The minimum absolute atomic E-state index is 0. The van der Waals surface area contributed by atoms with Crippen molar-refractivity contribution in [2.75, 3.05) is 26.2 Å². The average Bonchev–Trinajstić information content (AvgIpc) is 2.62. The van der Waals surface area contributed by atoms with Crippen molar-refractivity contribution in [3.8, 4) is 0 Å². The van der Waals surface area contributed by atoms with E-state index in [-0.39, 0.29) is 12.4 Å². The summed E-state index contributed by atoms with van der Waals surface area (Å²) >= 11 is 0. The van der Waals surface area contributed by atoms with Gasteiger partial charge in [-0.1, -0.05) is 42.0 Å². The van der Waals surface area contributed by atoms with Crippen LogP contribution in [-0.4, -0.2) is 36.8 Å². The predicted octanol–water partition coefficient (Wildman–Crippen LogP) is 1.56. The molecule has 0 amide bonds. The topological polar surface area (TPSA) is 9.23 Å². The zero-order valence-corrected chi connectivity index (χ0v) is 16.3. The van der Waals surface area contributed by atoms with Gasteiger partial charge in [0.1, 0.15) is 19.2 Å². The Morgan fingerprint density at radius 1 is 1.08 bits per heavy atom. The second-order valence-electron chi connectivity index (χ2n) is 8.44. The molecule has 3 heteroatoms. The van der Waals surface area contributed by atoms with Crippen LogP contribution in [0.4, 0.5) is 0 Å². The Kier molecular flexibility index (Phi) is 6.25. The number of ether oxygens (including phenoxy) is 1. The van der Waals surface area contributed by atoms with Gasteiger partial charge in [-0.15, -0.1) is 0 Å². The van der Waals surface area contributed by atoms with Gasteiger partial charge in [-0.05, 0) is 44.9 Å². The first-order valence-electron chi connectivity index (χ1n) is 9.91. The number of rotatable bonds is 4. The number of benzene rings is 1. The minimum atomic E-state index is 0. The van der Waals surface area contributed by atoms with Gasteiger partial charge in [0.2, 0.25) is 0 Å². The average molecular weight is 362 g/mol. The molecule has 2 nitrogen and oxygen atoms in total. The van der Waals surface area contributed by atoms with E-state index < -0.39 is 0 Å². The lowest BCUT2D eigenvalue weighted by Crippen LogP contribution is -3.00. The summed E-state index contributed by atoms with van der Waals surface area (Å²) in [6, 6.07) is 11.1. The van der Waals surface area contributed by atoms with Crippen molar-refractivity contribution in [3.63, 3.8) is 0 Å². The normalized spacial score (nSPS) is 30.9. The summed E-state index contributed by atoms with van der Waals surface area (Å²) in [6.07, 6.45) is 9.68. The molecule has 2 heterocycles. The third-order valence-electron chi connectivity index (χ3n) is 6.63. The second kappa shape index (κ2) is 8.24. The highest BCUT2D eigenvalue weighted by molar-refractivity contribution is 5.14. The van der Waals surface area contributed by atoms with Gasteiger partial charge < -0.3 is 21.6 Å². The SMILES string of the molecule is CC1=CC[C@H]2COC(C[N+]3(Cc4ccccc4)CCCCC3)[C@@H]1C2.[Cl-]. The summed E-state index contributed by atoms with van der Waals surface area (Å²) in [6.45, 7) is 8.36. The van der Waals surface area contributed by atoms with Crippen LogP contribution in [0.3, 0.4) is 0 Å². The fraction of sp³-hybridized carbons (Fsp3) is 0.636. The monoisotopic (exact) mass is 361 g/mol. The van der Waals surface area contributed by atoms with Crippen molar-refractivity contribution in [2.24, 2.45) is 11.8 Å². The first-order chi connectivity index (χ1) is 11.7. The summed E-state index contributed by atoms with van der Waals surface area (Å²) in [5, 5.41) is 0. The Bertz CT molecular complexity index is 579. The predicted molar refractivity (Wildman–Crippen MR) is 98.6 cm³/mol. The van der Waals surface area contributed by atoms with Crippen LogP contribution >= 0.6 is 0 Å². The maximum Gasteiger partial charge on any atom is 0.113 e. The summed E-state index contributed by atoms with van der Waals surface area (Å²) in [7, 11) is 0. The highest BCUT2D eigenvalue weighted by Crippen LogP contribution is 2.38. The number of piperidine rings is 1. The van der Waals surface area contributed by atoms with Crippen LogP contribution < -0.4 is 12.4 Å². The van der Waals surface area contributed by atoms with E-state index in [0.29, 0.717) is 12.0 Å². The van der Waals surface area contributed by atoms with Crippen LogP contribution in [0.1, 0.15) is 44.6 Å². The molecule has 138 valence electrons. The van der Waals surface area contributed by atoms with Gasteiger partial charge in [-0.3, -0.25) is 0 Å². The molecule has 2 bridgehead atoms. The van der Waals surface area contributed by atoms with Crippen LogP contribution in [-0.2, 0) is 11.3 Å². The molecule has 1 aromatic carbocycles. The molecule has 0 radical (unpaired) electrons. The van der Waals surface area contributed by atoms with E-state index >= 15 is 0 Å². The Morgan fingerprint density at radius 3 is 2.60 bits per heavy atom. The van der Waals surface area contributed by atoms with E-state index in [9.17, 15) is 0 Å². The molecule has 0 N–H and O–H groups in total. The molecule has 1 aliphatic carbocycles. The molecule has 3 atom stereocenters. The van der Waals surface area contributed by atoms with Gasteiger partial charge in [0.25, 0.3) is 0 Å². The fourth-order valence-corrected chi connectivity index (χ4v) is 5.22. The van der Waals surface area contributed by atoms with Crippen LogP contribution in [0.15, 0.2) is 42.0 Å². The molecule has 0 saturated carbocycles. The van der Waals surface area contributed by atoms with E-state index in [1.165, 1.54) is 68.3 Å². The van der Waals surface area contributed by atoms with Crippen molar-refractivity contribution >= 4 is 0 Å². The van der Waals surface area contributed by atoms with E-state index in [1.54, 1.807) is 5.57 Å². The van der Waals surface area contributed by atoms with Gasteiger partial charge in [-0.2, -0.15) is 0 Å². The standard InChI is InChI=1S/C22H32NO.ClH/c1-18-10-11-20-14-21(18)22(24-17-20)16-23(12-6-3-7-13-23)15-19-8-4-2-5-9-19;/h2,4-5,8-10,20-22H,3,6-7,11-17H2,1H3;1H/q+1;/p-1/t20-,21-,22?;/m1./s1. The second-order valence-corrected chi connectivity index (χ2v) is 8.44. The number of fused-ring (bicyclic) bond motifs is 2. The fourth-order valence-electron chi connectivity index (χ4n) is 5.22. The molecule has 2 fully saturated rings. The van der Waals surface area contributed by atoms with Crippen LogP contribution in [0.2, 0.25) is 0 Å². The van der Waals surface area contributed by atoms with E-state index in [1.807, 2.05) is 0 Å². The minimum Gasteiger partial charge on any atom is -1.00 e. The molecular weight excluding hydrogens is 330 g/mol. The number of hydrogen-bond acceptors (Lipinski definition) is 1. The van der Waals surface area contributed by atoms with Crippen LogP contribution in [0.25, 0.3) is 0 Å². The van der Waals surface area contributed by atoms with Crippen molar-refractivity contribution in [1.82, 2.24) is 0 Å². The number of hydrogen-bond donors (Lipinski definition) is 0. The lowest BCUT2D eigenvalue weighted by Gasteiger charge is -2.47. The van der Waals surface area contributed by atoms with Crippen LogP contribution in [0.5, 0.6) is 0 Å². The number of quaternary nitrogens is 1. The Hall–Kier alpha value is -0.830. The summed E-state index contributed by atoms with van der Waals surface area (Å²) in [5.74, 6) is 1.45. The molecule has 0 spiro atoms. The number of halogens is 1. The van der Waals surface area contributed by atoms with Crippen molar-refractivity contribution < 1.29 is 21.6 Å². The van der Waals surface area contributed by atoms with Gasteiger partial charge >= 0.3 is 0 Å². The van der Waals surface area contributed by atoms with Crippen molar-refractivity contribution in [2.45, 2.75) is 51.7 Å². The number of nitrogens with zero attached hydrogens (tertiary/aromatic N) is 1. The molecule has 1 aromatic rings. The first-order valence-corrected chi connectivity index (χ1v) is 9.91. The molecule has 25 heavy (non-hydrogen) atoms. The maximum atomic E-state index is 6.42. The van der Waals surface area contributed by atoms with E-state index in [0.717, 1.165) is 12.5 Å². The maximum absolute atomic E-state index is 6.42. The summed E-state index contributed by atoms with van der Waals surface area (Å²) in [4.78, 5) is 0. The zero-order chi connectivity index (χ0) is 16.4. The molecule has 3 aliphatic rings. The summed E-state index contributed by atoms with van der Waals surface area (Å²) < 4.78 is 7.66. The van der Waals surface area contributed by atoms with Crippen LogP contribution in [0, 0.1) is 11.8 Å².